The van der Waals surface area contributed by atoms with Crippen molar-refractivity contribution in [3.63, 3.8) is 0 Å². The van der Waals surface area contributed by atoms with Gasteiger partial charge in [-0.3, -0.25) is 9.59 Å². The number of likely N-dealkylation sites (tertiary alicyclic amines) is 2. The van der Waals surface area contributed by atoms with Crippen molar-refractivity contribution in [2.75, 3.05) is 26.7 Å². The third kappa shape index (κ3) is 3.14. The molecule has 0 bridgehead atoms. The minimum atomic E-state index is -0.205. The van der Waals surface area contributed by atoms with Gasteiger partial charge in [0.15, 0.2) is 0 Å². The van der Waals surface area contributed by atoms with Gasteiger partial charge in [0.1, 0.15) is 0 Å². The van der Waals surface area contributed by atoms with Gasteiger partial charge in [-0.15, -0.1) is 0 Å². The lowest BCUT2D eigenvalue weighted by Crippen LogP contribution is -2.52. The summed E-state index contributed by atoms with van der Waals surface area (Å²) in [5.41, 5.74) is 0.238. The third-order valence-electron chi connectivity index (χ3n) is 6.05. The number of carbonyl (C=O) groups excluding carboxylic acids is 2. The Morgan fingerprint density at radius 3 is 2.36 bits per heavy atom. The van der Waals surface area contributed by atoms with E-state index >= 15 is 0 Å². The summed E-state index contributed by atoms with van der Waals surface area (Å²) in [4.78, 5) is 28.2. The molecule has 1 saturated carbocycles. The van der Waals surface area contributed by atoms with Crippen molar-refractivity contribution in [1.29, 1.82) is 0 Å². The molecule has 0 atom stereocenters. The maximum atomic E-state index is 12.6. The highest BCUT2D eigenvalue weighted by Gasteiger charge is 2.41. The number of hydrogen-bond donors (Lipinski definition) is 1. The average molecular weight is 308 g/mol. The van der Waals surface area contributed by atoms with Gasteiger partial charge in [0, 0.05) is 39.0 Å². The molecule has 5 heteroatoms. The number of nitrogens with zero attached hydrogens (tertiary/aromatic N) is 2. The summed E-state index contributed by atoms with van der Waals surface area (Å²) in [5, 5.41) is 9.57. The first-order valence-corrected chi connectivity index (χ1v) is 8.70. The molecule has 0 aromatic carbocycles. The highest BCUT2D eigenvalue weighted by molar-refractivity contribution is 5.79. The van der Waals surface area contributed by atoms with Crippen LogP contribution in [0.3, 0.4) is 0 Å². The van der Waals surface area contributed by atoms with Crippen LogP contribution < -0.4 is 0 Å². The predicted octanol–water partition coefficient (Wildman–Crippen LogP) is 1.40. The van der Waals surface area contributed by atoms with E-state index in [1.807, 2.05) is 16.8 Å². The van der Waals surface area contributed by atoms with Crippen LogP contribution in [0.15, 0.2) is 0 Å². The van der Waals surface area contributed by atoms with E-state index in [0.29, 0.717) is 12.3 Å². The Hall–Kier alpha value is -1.10. The second-order valence-corrected chi connectivity index (χ2v) is 7.58. The van der Waals surface area contributed by atoms with E-state index in [4.69, 9.17) is 0 Å². The number of aliphatic hydroxyl groups is 1. The van der Waals surface area contributed by atoms with Gasteiger partial charge in [-0.25, -0.2) is 0 Å². The van der Waals surface area contributed by atoms with Crippen LogP contribution in [0, 0.1) is 11.3 Å². The van der Waals surface area contributed by atoms with Gasteiger partial charge >= 0.3 is 0 Å². The fourth-order valence-corrected chi connectivity index (χ4v) is 4.42. The molecule has 124 valence electrons. The summed E-state index contributed by atoms with van der Waals surface area (Å²) in [6, 6.07) is 0. The molecule has 2 aliphatic heterocycles. The minimum Gasteiger partial charge on any atom is -0.393 e. The second kappa shape index (κ2) is 6.19. The van der Waals surface area contributed by atoms with E-state index < -0.39 is 0 Å². The zero-order valence-corrected chi connectivity index (χ0v) is 13.6. The molecule has 0 aromatic heterocycles. The predicted molar refractivity (Wildman–Crippen MR) is 83.1 cm³/mol. The smallest absolute Gasteiger partial charge is 0.225 e. The largest absolute Gasteiger partial charge is 0.393 e. The lowest BCUT2D eigenvalue weighted by Gasteiger charge is -2.47. The Morgan fingerprint density at radius 1 is 1.14 bits per heavy atom. The number of hydrogen-bond acceptors (Lipinski definition) is 3. The number of carbonyl (C=O) groups is 2. The van der Waals surface area contributed by atoms with E-state index in [-0.39, 0.29) is 23.3 Å². The molecule has 1 spiro atoms. The first-order chi connectivity index (χ1) is 10.5. The molecule has 1 aliphatic carbocycles. The van der Waals surface area contributed by atoms with Crippen LogP contribution in [0.25, 0.3) is 0 Å². The van der Waals surface area contributed by atoms with Crippen LogP contribution in [0.4, 0.5) is 0 Å². The van der Waals surface area contributed by atoms with Gasteiger partial charge in [-0.2, -0.15) is 0 Å². The lowest BCUT2D eigenvalue weighted by molar-refractivity contribution is -0.144. The molecular formula is C17H28N2O3. The van der Waals surface area contributed by atoms with Crippen molar-refractivity contribution in [3.05, 3.63) is 0 Å². The fourth-order valence-electron chi connectivity index (χ4n) is 4.42. The molecule has 0 aromatic rings. The molecule has 2 heterocycles. The summed E-state index contributed by atoms with van der Waals surface area (Å²) >= 11 is 0. The van der Waals surface area contributed by atoms with Crippen LogP contribution >= 0.6 is 0 Å². The summed E-state index contributed by atoms with van der Waals surface area (Å²) < 4.78 is 0. The zero-order chi connectivity index (χ0) is 15.7. The monoisotopic (exact) mass is 308 g/mol. The number of amides is 2. The van der Waals surface area contributed by atoms with Gasteiger partial charge < -0.3 is 14.9 Å². The van der Waals surface area contributed by atoms with Gasteiger partial charge in [0.25, 0.3) is 0 Å². The van der Waals surface area contributed by atoms with Crippen molar-refractivity contribution in [2.24, 2.45) is 11.3 Å². The Balaban J connectivity index is 1.53. The van der Waals surface area contributed by atoms with Crippen molar-refractivity contribution >= 4 is 11.8 Å². The summed E-state index contributed by atoms with van der Waals surface area (Å²) in [5.74, 6) is 0.667. The maximum absolute atomic E-state index is 12.6. The van der Waals surface area contributed by atoms with Crippen LogP contribution in [0.2, 0.25) is 0 Å². The van der Waals surface area contributed by atoms with E-state index in [9.17, 15) is 14.7 Å². The van der Waals surface area contributed by atoms with Crippen molar-refractivity contribution < 1.29 is 14.7 Å². The van der Waals surface area contributed by atoms with E-state index in [0.717, 1.165) is 64.6 Å². The molecule has 3 fully saturated rings. The van der Waals surface area contributed by atoms with Crippen molar-refractivity contribution in [1.82, 2.24) is 9.80 Å². The Labute approximate surface area is 132 Å². The number of piperidine rings is 2. The second-order valence-electron chi connectivity index (χ2n) is 7.58. The third-order valence-corrected chi connectivity index (χ3v) is 6.05. The molecule has 1 N–H and O–H groups in total. The minimum absolute atomic E-state index is 0.119. The Kier molecular flexibility index (Phi) is 4.44. The standard InChI is InChI=1S/C17H28N2O3/c1-18-12-17(7-6-15(18)21)8-10-19(11-9-17)16(22)13-2-4-14(20)5-3-13/h13-14,20H,2-12H2,1H3. The summed E-state index contributed by atoms with van der Waals surface area (Å²) in [7, 11) is 1.90. The van der Waals surface area contributed by atoms with Gasteiger partial charge in [0.2, 0.25) is 11.8 Å². The SMILES string of the molecule is CN1CC2(CCC1=O)CCN(C(=O)C1CCC(O)CC1)CC2. The van der Waals surface area contributed by atoms with Crippen molar-refractivity contribution in [3.8, 4) is 0 Å². The van der Waals surface area contributed by atoms with Crippen LogP contribution in [-0.2, 0) is 9.59 Å². The molecule has 0 unspecified atom stereocenters. The maximum Gasteiger partial charge on any atom is 0.225 e. The number of rotatable bonds is 1. The van der Waals surface area contributed by atoms with Gasteiger partial charge in [-0.1, -0.05) is 0 Å². The van der Waals surface area contributed by atoms with Gasteiger partial charge in [0.05, 0.1) is 6.10 Å². The van der Waals surface area contributed by atoms with E-state index in [1.165, 1.54) is 0 Å². The Bertz CT molecular complexity index is 435. The molecule has 3 aliphatic rings. The van der Waals surface area contributed by atoms with E-state index in [2.05, 4.69) is 0 Å². The average Bonchev–Trinajstić information content (AvgIpc) is 2.52. The topological polar surface area (TPSA) is 60.9 Å². The normalized spacial score (nSPS) is 32.4. The highest BCUT2D eigenvalue weighted by atomic mass is 16.3. The van der Waals surface area contributed by atoms with Crippen molar-refractivity contribution in [2.45, 2.75) is 57.5 Å². The summed E-state index contributed by atoms with van der Waals surface area (Å²) in [6.45, 7) is 2.52. The molecule has 2 amide bonds. The Morgan fingerprint density at radius 2 is 1.77 bits per heavy atom. The first-order valence-electron chi connectivity index (χ1n) is 8.70. The molecule has 2 saturated heterocycles. The molecule has 5 nitrogen and oxygen atoms in total. The van der Waals surface area contributed by atoms with Crippen LogP contribution in [-0.4, -0.2) is 59.5 Å². The highest BCUT2D eigenvalue weighted by Crippen LogP contribution is 2.40. The first kappa shape index (κ1) is 15.8. The van der Waals surface area contributed by atoms with Crippen LogP contribution in [0.5, 0.6) is 0 Å². The molecule has 0 radical (unpaired) electrons. The quantitative estimate of drug-likeness (QED) is 0.796. The molecule has 3 rings (SSSR count). The fraction of sp³-hybridized carbons (Fsp3) is 0.882. The molecular weight excluding hydrogens is 280 g/mol. The summed E-state index contributed by atoms with van der Waals surface area (Å²) in [6.07, 6.45) is 6.67. The molecule has 22 heavy (non-hydrogen) atoms. The van der Waals surface area contributed by atoms with Crippen LogP contribution in [0.1, 0.15) is 51.4 Å². The van der Waals surface area contributed by atoms with E-state index in [1.54, 1.807) is 0 Å². The number of aliphatic hydroxyl groups excluding tert-OH is 1. The lowest BCUT2D eigenvalue weighted by atomic mass is 9.72. The zero-order valence-electron chi connectivity index (χ0n) is 13.6. The van der Waals surface area contributed by atoms with Gasteiger partial charge in [-0.05, 0) is 50.4 Å².